The zero-order chi connectivity index (χ0) is 26.7. The maximum Gasteiger partial charge on any atom is 0.305 e. The third kappa shape index (κ3) is 7.02. The Hall–Kier alpha value is -2.18. The van der Waals surface area contributed by atoms with Crippen molar-refractivity contribution in [2.45, 2.75) is 96.3 Å². The number of hydrogen-bond donors (Lipinski definition) is 1. The largest absolute Gasteiger partial charge is 0.469 e. The molecule has 1 N–H and O–H groups in total. The number of aliphatic hydroxyl groups excluding tert-OH is 1. The summed E-state index contributed by atoms with van der Waals surface area (Å²) in [4.78, 5) is 25.2. The van der Waals surface area contributed by atoms with Gasteiger partial charge >= 0.3 is 5.97 Å². The van der Waals surface area contributed by atoms with Crippen LogP contribution in [-0.4, -0.2) is 35.7 Å². The Balaban J connectivity index is 1.51. The van der Waals surface area contributed by atoms with E-state index in [0.717, 1.165) is 54.7 Å². The molecule has 4 rings (SSSR count). The first-order valence-electron chi connectivity index (χ1n) is 13.5. The van der Waals surface area contributed by atoms with Gasteiger partial charge in [0.2, 0.25) is 0 Å². The molecule has 6 nitrogen and oxygen atoms in total. The Morgan fingerprint density at radius 2 is 1.97 bits per heavy atom. The molecule has 0 radical (unpaired) electrons. The lowest BCUT2D eigenvalue weighted by atomic mass is 9.66. The minimum Gasteiger partial charge on any atom is -0.469 e. The Morgan fingerprint density at radius 1 is 1.24 bits per heavy atom. The van der Waals surface area contributed by atoms with Crippen molar-refractivity contribution in [2.75, 3.05) is 13.7 Å². The van der Waals surface area contributed by atoms with E-state index in [1.165, 1.54) is 12.7 Å². The topological polar surface area (TPSA) is 89.6 Å². The minimum absolute atomic E-state index is 0.0682. The molecule has 1 heterocycles. The molecule has 1 aromatic carbocycles. The molecule has 1 atom stereocenters. The molecule has 37 heavy (non-hydrogen) atoms. The summed E-state index contributed by atoms with van der Waals surface area (Å²) >= 11 is 6.39. The van der Waals surface area contributed by atoms with Gasteiger partial charge in [-0.1, -0.05) is 42.7 Å². The van der Waals surface area contributed by atoms with Crippen LogP contribution in [0.4, 0.5) is 0 Å². The van der Waals surface area contributed by atoms with Crippen molar-refractivity contribution in [3.8, 4) is 0 Å². The second-order valence-corrected chi connectivity index (χ2v) is 12.4. The highest BCUT2D eigenvalue weighted by atomic mass is 35.5. The van der Waals surface area contributed by atoms with Crippen LogP contribution in [0, 0.1) is 18.3 Å². The zero-order valence-electron chi connectivity index (χ0n) is 22.5. The quantitative estimate of drug-likeness (QED) is 0.292. The first-order valence-corrected chi connectivity index (χ1v) is 13.9. The summed E-state index contributed by atoms with van der Waals surface area (Å²) < 4.78 is 10.9. The Morgan fingerprint density at radius 3 is 2.59 bits per heavy atom. The van der Waals surface area contributed by atoms with E-state index in [9.17, 15) is 14.7 Å². The van der Waals surface area contributed by atoms with Gasteiger partial charge in [-0.2, -0.15) is 0 Å². The van der Waals surface area contributed by atoms with E-state index in [2.05, 4.69) is 19.0 Å². The fraction of sp³-hybridized carbons (Fsp3) is 0.633. The van der Waals surface area contributed by atoms with Gasteiger partial charge in [-0.15, -0.1) is 0 Å². The van der Waals surface area contributed by atoms with Crippen LogP contribution in [0.15, 0.2) is 22.7 Å². The molecule has 0 aliphatic heterocycles. The number of benzene rings is 1. The van der Waals surface area contributed by atoms with Gasteiger partial charge in [0, 0.05) is 48.3 Å². The van der Waals surface area contributed by atoms with E-state index in [1.54, 1.807) is 0 Å². The van der Waals surface area contributed by atoms with Gasteiger partial charge in [0.1, 0.15) is 11.5 Å². The zero-order valence-corrected chi connectivity index (χ0v) is 23.3. The number of carbonyl (C=O) groups excluding carboxylic acids is 2. The number of aromatic nitrogens is 1. The van der Waals surface area contributed by atoms with Crippen LogP contribution >= 0.6 is 11.6 Å². The molecule has 7 heteroatoms. The molecule has 202 valence electrons. The van der Waals surface area contributed by atoms with Crippen LogP contribution in [0.25, 0.3) is 0 Å². The molecule has 2 aromatic rings. The van der Waals surface area contributed by atoms with Gasteiger partial charge < -0.3 is 14.4 Å². The standard InChI is InChI=1S/C30H40ClNO5/c1-18-5-6-21(25(31)11-18)14-24(34)15-22(9-10-26(35)36-4)28-27(20-7-8-20)29(37-32-28)23-12-19(13-23)16-30(2,3)17-33/h5-6,11,19-20,22-23,33H,7-10,12-17H2,1-4H3/t19?,22-,23?/m0/s1. The predicted molar refractivity (Wildman–Crippen MR) is 143 cm³/mol. The minimum atomic E-state index is -0.288. The van der Waals surface area contributed by atoms with Gasteiger partial charge in [-0.05, 0) is 79.9 Å². The summed E-state index contributed by atoms with van der Waals surface area (Å²) in [5.74, 6) is 1.89. The van der Waals surface area contributed by atoms with Crippen molar-refractivity contribution >= 4 is 23.4 Å². The van der Waals surface area contributed by atoms with Gasteiger partial charge in [-0.3, -0.25) is 9.59 Å². The second-order valence-electron chi connectivity index (χ2n) is 12.0. The van der Waals surface area contributed by atoms with E-state index in [4.69, 9.17) is 20.9 Å². The van der Waals surface area contributed by atoms with E-state index >= 15 is 0 Å². The molecular formula is C30H40ClNO5. The van der Waals surface area contributed by atoms with E-state index in [-0.39, 0.29) is 49.0 Å². The lowest BCUT2D eigenvalue weighted by molar-refractivity contribution is -0.141. The molecule has 0 amide bonds. The van der Waals surface area contributed by atoms with Gasteiger partial charge in [0.25, 0.3) is 0 Å². The van der Waals surface area contributed by atoms with Crippen LogP contribution in [-0.2, 0) is 20.7 Å². The Bertz CT molecular complexity index is 1110. The summed E-state index contributed by atoms with van der Waals surface area (Å²) in [5.41, 5.74) is 3.84. The molecule has 2 aliphatic carbocycles. The second kappa shape index (κ2) is 11.7. The Labute approximate surface area is 225 Å². The third-order valence-corrected chi connectivity index (χ3v) is 8.38. The number of Topliss-reactive ketones (excluding diaryl/α,β-unsaturated/α-hetero) is 1. The molecule has 0 unspecified atom stereocenters. The molecule has 1 aromatic heterocycles. The summed E-state index contributed by atoms with van der Waals surface area (Å²) in [5, 5.41) is 14.8. The average Bonchev–Trinajstić information content (AvgIpc) is 3.58. The number of hydrogen-bond acceptors (Lipinski definition) is 6. The number of rotatable bonds is 13. The molecule has 2 saturated carbocycles. The lowest BCUT2D eigenvalue weighted by Gasteiger charge is -2.38. The van der Waals surface area contributed by atoms with Crippen LogP contribution in [0.5, 0.6) is 0 Å². The monoisotopic (exact) mass is 529 g/mol. The molecule has 0 saturated heterocycles. The summed E-state index contributed by atoms with van der Waals surface area (Å²) in [6, 6.07) is 5.75. The number of ketones is 1. The van der Waals surface area contributed by atoms with Crippen LogP contribution in [0.3, 0.4) is 0 Å². The van der Waals surface area contributed by atoms with Crippen molar-refractivity contribution in [3.05, 3.63) is 51.4 Å². The highest BCUT2D eigenvalue weighted by Crippen LogP contribution is 2.53. The first kappa shape index (κ1) is 27.8. The fourth-order valence-electron chi connectivity index (χ4n) is 5.74. The van der Waals surface area contributed by atoms with Gasteiger partial charge in [-0.25, -0.2) is 0 Å². The van der Waals surface area contributed by atoms with Crippen LogP contribution in [0.2, 0.25) is 5.02 Å². The number of aliphatic hydroxyl groups is 1. The number of aryl methyl sites for hydroxylation is 1. The smallest absolute Gasteiger partial charge is 0.305 e. The van der Waals surface area contributed by atoms with Crippen LogP contribution in [0.1, 0.15) is 111 Å². The van der Waals surface area contributed by atoms with Gasteiger partial charge in [0.05, 0.1) is 12.8 Å². The van der Waals surface area contributed by atoms with E-state index < -0.39 is 0 Å². The first-order chi connectivity index (χ1) is 17.6. The number of carbonyl (C=O) groups is 2. The molecular weight excluding hydrogens is 490 g/mol. The number of ether oxygens (including phenoxy) is 1. The van der Waals surface area contributed by atoms with Crippen molar-refractivity contribution in [2.24, 2.45) is 11.3 Å². The number of nitrogens with zero attached hydrogens (tertiary/aromatic N) is 1. The normalized spacial score (nSPS) is 20.4. The molecule has 0 bridgehead atoms. The van der Waals surface area contributed by atoms with Crippen molar-refractivity contribution < 1.29 is 24.0 Å². The summed E-state index contributed by atoms with van der Waals surface area (Å²) in [6.07, 6.45) is 6.53. The van der Waals surface area contributed by atoms with E-state index in [1.807, 2.05) is 25.1 Å². The Kier molecular flexibility index (Phi) is 8.80. The lowest BCUT2D eigenvalue weighted by Crippen LogP contribution is -2.29. The van der Waals surface area contributed by atoms with Crippen molar-refractivity contribution in [1.29, 1.82) is 0 Å². The highest BCUT2D eigenvalue weighted by molar-refractivity contribution is 6.31. The average molecular weight is 530 g/mol. The maximum absolute atomic E-state index is 13.2. The SMILES string of the molecule is COC(=O)CC[C@@H](CC(=O)Cc1ccc(C)cc1Cl)c1noc(C2CC(CC(C)(C)CO)C2)c1C1CC1. The summed E-state index contributed by atoms with van der Waals surface area (Å²) in [6.45, 7) is 6.38. The van der Waals surface area contributed by atoms with Crippen molar-refractivity contribution in [1.82, 2.24) is 5.16 Å². The number of esters is 1. The number of methoxy groups -OCH3 is 1. The van der Waals surface area contributed by atoms with Crippen LogP contribution < -0.4 is 0 Å². The summed E-state index contributed by atoms with van der Waals surface area (Å²) in [7, 11) is 1.39. The molecule has 2 aliphatic rings. The van der Waals surface area contributed by atoms with E-state index in [0.29, 0.717) is 29.2 Å². The fourth-order valence-corrected chi connectivity index (χ4v) is 6.04. The van der Waals surface area contributed by atoms with Crippen molar-refractivity contribution in [3.63, 3.8) is 0 Å². The highest BCUT2D eigenvalue weighted by Gasteiger charge is 2.42. The molecule has 0 spiro atoms. The maximum atomic E-state index is 13.2. The van der Waals surface area contributed by atoms with Gasteiger partial charge in [0.15, 0.2) is 0 Å². The predicted octanol–water partition coefficient (Wildman–Crippen LogP) is 6.65. The number of halogens is 1. The third-order valence-electron chi connectivity index (χ3n) is 8.03. The molecule has 2 fully saturated rings.